The molecule has 2 aliphatic rings. The van der Waals surface area contributed by atoms with Crippen LogP contribution in [0.15, 0.2) is 24.4 Å². The van der Waals surface area contributed by atoms with Crippen molar-refractivity contribution >= 4 is 6.03 Å². The summed E-state index contributed by atoms with van der Waals surface area (Å²) in [6, 6.07) is -0.491. The van der Waals surface area contributed by atoms with Crippen LogP contribution < -0.4 is 11.1 Å². The Balaban J connectivity index is 1.52. The van der Waals surface area contributed by atoms with Crippen LogP contribution >= 0.6 is 0 Å². The zero-order chi connectivity index (χ0) is 25.5. The summed E-state index contributed by atoms with van der Waals surface area (Å²) >= 11 is 0. The van der Waals surface area contributed by atoms with Gasteiger partial charge in [0.05, 0.1) is 6.61 Å². The van der Waals surface area contributed by atoms with E-state index in [4.69, 9.17) is 10.5 Å². The maximum absolute atomic E-state index is 12.6. The Morgan fingerprint density at radius 2 is 1.54 bits per heavy atom. The molecule has 0 aromatic carbocycles. The number of nitrogens with two attached hydrogens (primary N) is 1. The number of carbonyl (C=O) groups is 1. The van der Waals surface area contributed by atoms with Gasteiger partial charge >= 0.3 is 6.03 Å². The number of unbranched alkanes of at least 4 members (excludes halogenated alkanes) is 12. The minimum Gasteiger partial charge on any atom is -0.394 e. The molecule has 1 unspecified atom stereocenters. The lowest BCUT2D eigenvalue weighted by Gasteiger charge is -2.37. The number of aliphatic hydroxyl groups is 3. The molecule has 1 fully saturated rings. The number of hydrogen-bond donors (Lipinski definition) is 5. The van der Waals surface area contributed by atoms with E-state index in [9.17, 15) is 20.1 Å². The first kappa shape index (κ1) is 29.8. The summed E-state index contributed by atoms with van der Waals surface area (Å²) in [5, 5.41) is 32.1. The second kappa shape index (κ2) is 16.3. The molecule has 0 aromatic rings. The van der Waals surface area contributed by atoms with Crippen LogP contribution in [-0.4, -0.2) is 63.1 Å². The minimum atomic E-state index is -1.30. The number of allylic oxidation sites excluding steroid dienone is 2. The van der Waals surface area contributed by atoms with E-state index in [1.165, 1.54) is 81.7 Å². The quantitative estimate of drug-likeness (QED) is 0.144. The molecule has 2 heterocycles. The summed E-state index contributed by atoms with van der Waals surface area (Å²) in [4.78, 5) is 13.7. The summed E-state index contributed by atoms with van der Waals surface area (Å²) in [7, 11) is 0. The van der Waals surface area contributed by atoms with Gasteiger partial charge in [-0.25, -0.2) is 4.79 Å². The smallest absolute Gasteiger partial charge is 0.325 e. The van der Waals surface area contributed by atoms with Crippen molar-refractivity contribution in [2.75, 3.05) is 6.61 Å². The van der Waals surface area contributed by atoms with Gasteiger partial charge in [-0.2, -0.15) is 0 Å². The summed E-state index contributed by atoms with van der Waals surface area (Å²) in [6.45, 7) is 1.82. The third-order valence-electron chi connectivity index (χ3n) is 7.00. The zero-order valence-electron chi connectivity index (χ0n) is 21.6. The largest absolute Gasteiger partial charge is 0.394 e. The van der Waals surface area contributed by atoms with Gasteiger partial charge in [0.2, 0.25) is 0 Å². The molecular weight excluding hydrogens is 446 g/mol. The summed E-state index contributed by atoms with van der Waals surface area (Å²) in [5.74, 6) is 0. The van der Waals surface area contributed by atoms with Crippen LogP contribution in [0.25, 0.3) is 0 Å². The van der Waals surface area contributed by atoms with Crippen molar-refractivity contribution in [2.24, 2.45) is 5.73 Å². The molecule has 8 nitrogen and oxygen atoms in total. The molecule has 5 atom stereocenters. The Morgan fingerprint density at radius 1 is 0.971 bits per heavy atom. The van der Waals surface area contributed by atoms with E-state index in [2.05, 4.69) is 24.4 Å². The zero-order valence-corrected chi connectivity index (χ0v) is 21.6. The van der Waals surface area contributed by atoms with E-state index in [1.54, 1.807) is 6.08 Å². The van der Waals surface area contributed by atoms with Crippen molar-refractivity contribution in [1.82, 2.24) is 10.2 Å². The van der Waals surface area contributed by atoms with Crippen LogP contribution in [0.3, 0.4) is 0 Å². The normalized spacial score (nSPS) is 28.8. The van der Waals surface area contributed by atoms with Crippen molar-refractivity contribution < 1.29 is 24.9 Å². The van der Waals surface area contributed by atoms with E-state index in [-0.39, 0.29) is 0 Å². The number of rotatable bonds is 18. The van der Waals surface area contributed by atoms with Gasteiger partial charge in [-0.05, 0) is 44.6 Å². The molecule has 0 spiro atoms. The van der Waals surface area contributed by atoms with E-state index in [0.717, 1.165) is 19.3 Å². The van der Waals surface area contributed by atoms with Gasteiger partial charge < -0.3 is 31.1 Å². The Bertz CT molecular complexity index is 659. The maximum Gasteiger partial charge on any atom is 0.325 e. The van der Waals surface area contributed by atoms with Gasteiger partial charge in [-0.1, -0.05) is 76.9 Å². The second-order valence-corrected chi connectivity index (χ2v) is 10.1. The first-order valence-electron chi connectivity index (χ1n) is 13.8. The van der Waals surface area contributed by atoms with Crippen LogP contribution in [-0.2, 0) is 4.74 Å². The Labute approximate surface area is 211 Å². The first-order valence-corrected chi connectivity index (χ1v) is 13.8. The fourth-order valence-corrected chi connectivity index (χ4v) is 4.71. The molecule has 2 rings (SSSR count). The Kier molecular flexibility index (Phi) is 13.9. The van der Waals surface area contributed by atoms with Crippen LogP contribution in [0.5, 0.6) is 0 Å². The molecule has 0 bridgehead atoms. The number of ether oxygens (including phenoxy) is 1. The molecule has 6 N–H and O–H groups in total. The van der Waals surface area contributed by atoms with Crippen LogP contribution in [0, 0.1) is 0 Å². The molecule has 202 valence electrons. The van der Waals surface area contributed by atoms with Gasteiger partial charge in [0.25, 0.3) is 0 Å². The van der Waals surface area contributed by atoms with Gasteiger partial charge in [0.15, 0.2) is 6.23 Å². The number of nitrogens with one attached hydrogen (secondary N) is 1. The second-order valence-electron chi connectivity index (χ2n) is 10.1. The standard InChI is InChI=1S/C27H49N3O5/c1-2-3-4-5-6-7-8-9-10-11-12-13-14-15-16-17-18-27(28)19-20-30(26(34)29-27)25-24(33)23(32)22(21-31)35-25/h9-10,19-20,22-25,31-33H,2-8,11-18,21,28H2,1H3,(H,29,34)/b10-9-/t22-,23-,24-,25-,27?/m1/s1. The lowest BCUT2D eigenvalue weighted by atomic mass is 9.99. The summed E-state index contributed by atoms with van der Waals surface area (Å²) in [5.41, 5.74) is 5.40. The highest BCUT2D eigenvalue weighted by atomic mass is 16.6. The van der Waals surface area contributed by atoms with Crippen molar-refractivity contribution in [3.8, 4) is 0 Å². The highest BCUT2D eigenvalue weighted by Gasteiger charge is 2.47. The Morgan fingerprint density at radius 3 is 2.09 bits per heavy atom. The summed E-state index contributed by atoms with van der Waals surface area (Å²) < 4.78 is 5.43. The van der Waals surface area contributed by atoms with E-state index in [0.29, 0.717) is 6.42 Å². The van der Waals surface area contributed by atoms with Gasteiger partial charge in [-0.3, -0.25) is 4.90 Å². The SMILES string of the molecule is CCCCCCCC/C=C\CCCCCCCCC1(N)C=CN([C@@H]2O[C@H](CO)[C@@H](O)[C@H]2O)C(=O)N1. The third-order valence-corrected chi connectivity index (χ3v) is 7.00. The lowest BCUT2D eigenvalue weighted by Crippen LogP contribution is -2.62. The van der Waals surface area contributed by atoms with E-state index in [1.807, 2.05) is 0 Å². The van der Waals surface area contributed by atoms with Crippen molar-refractivity contribution in [3.05, 3.63) is 24.4 Å². The average Bonchev–Trinajstić information content (AvgIpc) is 3.12. The number of aliphatic hydroxyl groups excluding tert-OH is 3. The molecule has 35 heavy (non-hydrogen) atoms. The third kappa shape index (κ3) is 10.2. The minimum absolute atomic E-state index is 0.440. The lowest BCUT2D eigenvalue weighted by molar-refractivity contribution is -0.0670. The number of urea groups is 1. The maximum atomic E-state index is 12.6. The molecule has 0 aromatic heterocycles. The Hall–Kier alpha value is -1.45. The predicted octanol–water partition coefficient (Wildman–Crippen LogP) is 4.05. The van der Waals surface area contributed by atoms with Gasteiger partial charge in [0.1, 0.15) is 24.0 Å². The predicted molar refractivity (Wildman–Crippen MR) is 138 cm³/mol. The molecule has 2 amide bonds. The molecule has 0 saturated carbocycles. The number of amides is 2. The first-order chi connectivity index (χ1) is 16.9. The molecule has 2 aliphatic heterocycles. The van der Waals surface area contributed by atoms with Crippen molar-refractivity contribution in [3.63, 3.8) is 0 Å². The number of carbonyl (C=O) groups excluding carboxylic acids is 1. The number of hydrogen-bond acceptors (Lipinski definition) is 6. The van der Waals surface area contributed by atoms with Crippen molar-refractivity contribution in [2.45, 2.75) is 133 Å². The van der Waals surface area contributed by atoms with Crippen LogP contribution in [0.2, 0.25) is 0 Å². The number of nitrogens with zero attached hydrogens (tertiary/aromatic N) is 1. The van der Waals surface area contributed by atoms with Gasteiger partial charge in [0, 0.05) is 6.20 Å². The summed E-state index contributed by atoms with van der Waals surface area (Å²) in [6.07, 6.45) is 21.3. The molecule has 0 aliphatic carbocycles. The molecule has 8 heteroatoms. The molecular formula is C27H49N3O5. The highest BCUT2D eigenvalue weighted by Crippen LogP contribution is 2.27. The average molecular weight is 496 g/mol. The van der Waals surface area contributed by atoms with E-state index < -0.39 is 42.8 Å². The van der Waals surface area contributed by atoms with E-state index >= 15 is 0 Å². The monoisotopic (exact) mass is 495 g/mol. The molecule has 1 saturated heterocycles. The fraction of sp³-hybridized carbons (Fsp3) is 0.815. The fourth-order valence-electron chi connectivity index (χ4n) is 4.71. The van der Waals surface area contributed by atoms with Crippen LogP contribution in [0.1, 0.15) is 103 Å². The van der Waals surface area contributed by atoms with Crippen LogP contribution in [0.4, 0.5) is 4.79 Å². The topological polar surface area (TPSA) is 128 Å². The van der Waals surface area contributed by atoms with Crippen molar-refractivity contribution in [1.29, 1.82) is 0 Å². The highest BCUT2D eigenvalue weighted by molar-refractivity contribution is 5.78. The van der Waals surface area contributed by atoms with Gasteiger partial charge in [-0.15, -0.1) is 0 Å². The molecule has 0 radical (unpaired) electrons.